The van der Waals surface area contributed by atoms with Gasteiger partial charge in [-0.25, -0.2) is 0 Å². The van der Waals surface area contributed by atoms with E-state index in [0.717, 1.165) is 4.47 Å². The smallest absolute Gasteiger partial charge is 0.306 e. The highest BCUT2D eigenvalue weighted by atomic mass is 79.9. The molecule has 2 amide bonds. The number of carbonyl (C=O) groups is 3. The highest BCUT2D eigenvalue weighted by molar-refractivity contribution is 9.10. The molecular weight excluding hydrogens is 436 g/mol. The van der Waals surface area contributed by atoms with Gasteiger partial charge < -0.3 is 15.4 Å². The van der Waals surface area contributed by atoms with Crippen molar-refractivity contribution < 1.29 is 19.1 Å². The number of ether oxygens (including phenoxy) is 1. The molecule has 2 rings (SSSR count). The number of hydrogen-bond acceptors (Lipinski definition) is 4. The first-order valence-corrected chi connectivity index (χ1v) is 9.36. The number of hydrogen-bond donors (Lipinski definition) is 2. The van der Waals surface area contributed by atoms with Gasteiger partial charge in [-0.3, -0.25) is 14.4 Å². The molecule has 2 aromatic carbocycles. The second-order valence-electron chi connectivity index (χ2n) is 5.62. The van der Waals surface area contributed by atoms with Crippen LogP contribution in [-0.2, 0) is 19.1 Å². The second kappa shape index (κ2) is 10.7. The molecule has 0 bridgehead atoms. The molecule has 0 saturated carbocycles. The number of benzene rings is 2. The minimum Gasteiger partial charge on any atom is -0.456 e. The van der Waals surface area contributed by atoms with Gasteiger partial charge in [0.15, 0.2) is 6.61 Å². The summed E-state index contributed by atoms with van der Waals surface area (Å²) in [4.78, 5) is 35.2. The van der Waals surface area contributed by atoms with E-state index in [0.29, 0.717) is 22.8 Å². The summed E-state index contributed by atoms with van der Waals surface area (Å²) in [5, 5.41) is 5.91. The first kappa shape index (κ1) is 20.9. The van der Waals surface area contributed by atoms with Crippen molar-refractivity contribution >= 4 is 56.7 Å². The minimum absolute atomic E-state index is 0.0552. The Kier molecular flexibility index (Phi) is 8.29. The first-order chi connectivity index (χ1) is 12.9. The van der Waals surface area contributed by atoms with Crippen molar-refractivity contribution in [2.45, 2.75) is 19.3 Å². The Balaban J connectivity index is 1.61. The average Bonchev–Trinajstić information content (AvgIpc) is 2.64. The van der Waals surface area contributed by atoms with E-state index in [9.17, 15) is 14.4 Å². The molecule has 0 aliphatic carbocycles. The summed E-state index contributed by atoms with van der Waals surface area (Å²) in [6.07, 6.45) is 0.551. The van der Waals surface area contributed by atoms with Crippen LogP contribution in [0.2, 0.25) is 5.02 Å². The lowest BCUT2D eigenvalue weighted by atomic mass is 10.2. The molecule has 2 N–H and O–H groups in total. The molecule has 0 fully saturated rings. The standard InChI is InChI=1S/C19H18BrClN2O4/c20-13-4-8-15(9-5-13)23-18(25)12-27-19(26)3-1-2-17(24)22-16-10-6-14(21)7-11-16/h4-11H,1-3,12H2,(H,22,24)(H,23,25). The van der Waals surface area contributed by atoms with Gasteiger partial charge in [-0.1, -0.05) is 27.5 Å². The molecule has 0 aliphatic rings. The quantitative estimate of drug-likeness (QED) is 0.581. The van der Waals surface area contributed by atoms with E-state index >= 15 is 0 Å². The fourth-order valence-corrected chi connectivity index (χ4v) is 2.49. The van der Waals surface area contributed by atoms with Crippen LogP contribution in [0.1, 0.15) is 19.3 Å². The molecule has 142 valence electrons. The fourth-order valence-electron chi connectivity index (χ4n) is 2.10. The molecule has 0 unspecified atom stereocenters. The third-order valence-corrected chi connectivity index (χ3v) is 4.19. The van der Waals surface area contributed by atoms with Gasteiger partial charge in [0.1, 0.15) is 0 Å². The molecule has 0 radical (unpaired) electrons. The zero-order valence-electron chi connectivity index (χ0n) is 14.3. The van der Waals surface area contributed by atoms with Crippen molar-refractivity contribution in [2.75, 3.05) is 17.2 Å². The zero-order chi connectivity index (χ0) is 19.6. The lowest BCUT2D eigenvalue weighted by Crippen LogP contribution is -2.21. The third kappa shape index (κ3) is 8.23. The Labute approximate surface area is 170 Å². The highest BCUT2D eigenvalue weighted by Crippen LogP contribution is 2.15. The summed E-state index contributed by atoms with van der Waals surface area (Å²) in [5.74, 6) is -1.16. The minimum atomic E-state index is -0.528. The number of anilines is 2. The largest absolute Gasteiger partial charge is 0.456 e. The van der Waals surface area contributed by atoms with Gasteiger partial charge >= 0.3 is 5.97 Å². The van der Waals surface area contributed by atoms with E-state index in [2.05, 4.69) is 26.6 Å². The van der Waals surface area contributed by atoms with Crippen LogP contribution in [0.3, 0.4) is 0 Å². The highest BCUT2D eigenvalue weighted by Gasteiger charge is 2.10. The second-order valence-corrected chi connectivity index (χ2v) is 6.98. The normalized spacial score (nSPS) is 10.1. The van der Waals surface area contributed by atoms with Crippen molar-refractivity contribution in [2.24, 2.45) is 0 Å². The predicted octanol–water partition coefficient (Wildman–Crippen LogP) is 4.39. The molecule has 0 aliphatic heterocycles. The van der Waals surface area contributed by atoms with Gasteiger partial charge in [0.25, 0.3) is 5.91 Å². The van der Waals surface area contributed by atoms with E-state index in [1.165, 1.54) is 0 Å². The maximum Gasteiger partial charge on any atom is 0.306 e. The van der Waals surface area contributed by atoms with Crippen LogP contribution < -0.4 is 10.6 Å². The molecule has 0 heterocycles. The molecular formula is C19H18BrClN2O4. The van der Waals surface area contributed by atoms with Crippen molar-refractivity contribution in [1.82, 2.24) is 0 Å². The van der Waals surface area contributed by atoms with E-state index in [1.54, 1.807) is 48.5 Å². The van der Waals surface area contributed by atoms with Gasteiger partial charge in [0.05, 0.1) is 0 Å². The lowest BCUT2D eigenvalue weighted by molar-refractivity contribution is -0.147. The van der Waals surface area contributed by atoms with Crippen LogP contribution >= 0.6 is 27.5 Å². The van der Waals surface area contributed by atoms with Crippen LogP contribution in [0.25, 0.3) is 0 Å². The van der Waals surface area contributed by atoms with E-state index in [1.807, 2.05) is 0 Å². The maximum absolute atomic E-state index is 11.8. The van der Waals surface area contributed by atoms with E-state index in [4.69, 9.17) is 16.3 Å². The Hall–Kier alpha value is -2.38. The molecule has 6 nitrogen and oxygen atoms in total. The summed E-state index contributed by atoms with van der Waals surface area (Å²) in [6, 6.07) is 13.8. The van der Waals surface area contributed by atoms with Crippen LogP contribution in [0.15, 0.2) is 53.0 Å². The summed E-state index contributed by atoms with van der Waals surface area (Å²) in [6.45, 7) is -0.369. The molecule has 8 heteroatoms. The molecule has 0 saturated heterocycles. The third-order valence-electron chi connectivity index (χ3n) is 3.40. The Morgan fingerprint density at radius 1 is 0.852 bits per heavy atom. The predicted molar refractivity (Wildman–Crippen MR) is 108 cm³/mol. The van der Waals surface area contributed by atoms with Gasteiger partial charge in [0.2, 0.25) is 5.91 Å². The SMILES string of the molecule is O=C(CCCC(=O)OCC(=O)Nc1ccc(Br)cc1)Nc1ccc(Cl)cc1. The Morgan fingerprint density at radius 3 is 2.04 bits per heavy atom. The number of amides is 2. The number of nitrogens with one attached hydrogen (secondary N) is 2. The maximum atomic E-state index is 11.8. The van der Waals surface area contributed by atoms with E-state index in [-0.39, 0.29) is 25.4 Å². The molecule has 0 aromatic heterocycles. The number of esters is 1. The van der Waals surface area contributed by atoms with Crippen molar-refractivity contribution in [1.29, 1.82) is 0 Å². The Morgan fingerprint density at radius 2 is 1.41 bits per heavy atom. The fraction of sp³-hybridized carbons (Fsp3) is 0.211. The van der Waals surface area contributed by atoms with Gasteiger partial charge in [-0.2, -0.15) is 0 Å². The molecule has 2 aromatic rings. The summed E-state index contributed by atoms with van der Waals surface area (Å²) in [5.41, 5.74) is 1.25. The van der Waals surface area contributed by atoms with Crippen LogP contribution in [0.5, 0.6) is 0 Å². The van der Waals surface area contributed by atoms with E-state index < -0.39 is 11.9 Å². The number of carbonyl (C=O) groups excluding carboxylic acids is 3. The summed E-state index contributed by atoms with van der Waals surface area (Å²) < 4.78 is 5.80. The van der Waals surface area contributed by atoms with Crippen LogP contribution in [-0.4, -0.2) is 24.4 Å². The van der Waals surface area contributed by atoms with Crippen LogP contribution in [0, 0.1) is 0 Å². The monoisotopic (exact) mass is 452 g/mol. The first-order valence-electron chi connectivity index (χ1n) is 8.19. The Bertz CT molecular complexity index is 794. The molecule has 27 heavy (non-hydrogen) atoms. The van der Waals surface area contributed by atoms with Gasteiger partial charge in [0, 0.05) is 33.7 Å². The van der Waals surface area contributed by atoms with Gasteiger partial charge in [-0.15, -0.1) is 0 Å². The average molecular weight is 454 g/mol. The lowest BCUT2D eigenvalue weighted by Gasteiger charge is -2.07. The zero-order valence-corrected chi connectivity index (χ0v) is 16.7. The van der Waals surface area contributed by atoms with Crippen molar-refractivity contribution in [3.05, 3.63) is 58.0 Å². The molecule has 0 spiro atoms. The number of halogens is 2. The van der Waals surface area contributed by atoms with Crippen molar-refractivity contribution in [3.63, 3.8) is 0 Å². The topological polar surface area (TPSA) is 84.5 Å². The summed E-state index contributed by atoms with van der Waals surface area (Å²) >= 11 is 9.08. The molecule has 0 atom stereocenters. The number of rotatable bonds is 8. The van der Waals surface area contributed by atoms with Gasteiger partial charge in [-0.05, 0) is 55.0 Å². The van der Waals surface area contributed by atoms with Crippen LogP contribution in [0.4, 0.5) is 11.4 Å². The summed E-state index contributed by atoms with van der Waals surface area (Å²) in [7, 11) is 0. The van der Waals surface area contributed by atoms with Crippen molar-refractivity contribution in [3.8, 4) is 0 Å².